The summed E-state index contributed by atoms with van der Waals surface area (Å²) in [6.07, 6.45) is 2.52. The Hall–Kier alpha value is -1.03. The predicted octanol–water partition coefficient (Wildman–Crippen LogP) is 2.25. The van der Waals surface area contributed by atoms with Gasteiger partial charge in [-0.15, -0.1) is 0 Å². The molecule has 0 spiro atoms. The largest absolute Gasteiger partial charge is 0.329 e. The minimum absolute atomic E-state index is 0.0442. The van der Waals surface area contributed by atoms with Gasteiger partial charge in [0.15, 0.2) is 0 Å². The maximum atomic E-state index is 11.9. The lowest BCUT2D eigenvalue weighted by Crippen LogP contribution is -2.39. The van der Waals surface area contributed by atoms with E-state index in [4.69, 9.17) is 11.6 Å². The Balaban J connectivity index is 3.38. The summed E-state index contributed by atoms with van der Waals surface area (Å²) in [4.78, 5) is 26.1. The normalized spacial score (nSPS) is 12.8. The monoisotopic (exact) mass is 244 g/mol. The highest BCUT2D eigenvalue weighted by Gasteiger charge is 2.15. The quantitative estimate of drug-likeness (QED) is 0.826. The molecule has 16 heavy (non-hydrogen) atoms. The molecule has 0 aliphatic rings. The van der Waals surface area contributed by atoms with Crippen molar-refractivity contribution in [3.63, 3.8) is 0 Å². The summed E-state index contributed by atoms with van der Waals surface area (Å²) < 4.78 is 1.28. The molecule has 0 aliphatic carbocycles. The van der Waals surface area contributed by atoms with Crippen molar-refractivity contribution in [1.29, 1.82) is 0 Å². The van der Waals surface area contributed by atoms with E-state index in [1.807, 2.05) is 13.8 Å². The standard InChI is InChI=1S/C11H17ClN2O2/c1-4-6-8(5-2)14-10(15)7(3)9(12)13-11(14)16/h8H,4-6H2,1-3H3,(H,13,16). The second-order valence-electron chi connectivity index (χ2n) is 3.90. The first-order valence-corrected chi connectivity index (χ1v) is 5.91. The van der Waals surface area contributed by atoms with Gasteiger partial charge in [0.2, 0.25) is 0 Å². The lowest BCUT2D eigenvalue weighted by molar-refractivity contribution is 0.417. The van der Waals surface area contributed by atoms with Crippen LogP contribution in [0.5, 0.6) is 0 Å². The van der Waals surface area contributed by atoms with Crippen molar-refractivity contribution < 1.29 is 0 Å². The Morgan fingerprint density at radius 3 is 2.50 bits per heavy atom. The highest BCUT2D eigenvalue weighted by molar-refractivity contribution is 6.30. The van der Waals surface area contributed by atoms with E-state index in [0.29, 0.717) is 5.56 Å². The van der Waals surface area contributed by atoms with E-state index in [9.17, 15) is 9.59 Å². The van der Waals surface area contributed by atoms with Crippen LogP contribution in [0.4, 0.5) is 0 Å². The van der Waals surface area contributed by atoms with Crippen molar-refractivity contribution in [3.8, 4) is 0 Å². The summed E-state index contributed by atoms with van der Waals surface area (Å²) >= 11 is 5.75. The van der Waals surface area contributed by atoms with Crippen molar-refractivity contribution in [1.82, 2.24) is 9.55 Å². The van der Waals surface area contributed by atoms with Gasteiger partial charge in [-0.3, -0.25) is 14.3 Å². The van der Waals surface area contributed by atoms with Crippen molar-refractivity contribution in [3.05, 3.63) is 31.6 Å². The van der Waals surface area contributed by atoms with Gasteiger partial charge in [0.1, 0.15) is 5.15 Å². The Bertz CT molecular complexity index is 476. The first-order valence-electron chi connectivity index (χ1n) is 5.53. The van der Waals surface area contributed by atoms with E-state index in [0.717, 1.165) is 19.3 Å². The molecule has 0 amide bonds. The van der Waals surface area contributed by atoms with Gasteiger partial charge < -0.3 is 0 Å². The van der Waals surface area contributed by atoms with Crippen LogP contribution in [-0.2, 0) is 0 Å². The number of hydrogen-bond donors (Lipinski definition) is 1. The summed E-state index contributed by atoms with van der Waals surface area (Å²) in [7, 11) is 0. The molecule has 1 aromatic heterocycles. The molecule has 0 saturated heterocycles. The number of nitrogens with one attached hydrogen (secondary N) is 1. The fourth-order valence-corrected chi connectivity index (χ4v) is 1.96. The molecular weight excluding hydrogens is 228 g/mol. The molecule has 0 radical (unpaired) electrons. The van der Waals surface area contributed by atoms with Gasteiger partial charge in [-0.2, -0.15) is 0 Å². The zero-order valence-corrected chi connectivity index (χ0v) is 10.6. The van der Waals surface area contributed by atoms with Crippen LogP contribution in [-0.4, -0.2) is 9.55 Å². The summed E-state index contributed by atoms with van der Waals surface area (Å²) in [6, 6.07) is -0.0442. The Kier molecular flexibility index (Phi) is 4.35. The van der Waals surface area contributed by atoms with E-state index in [-0.39, 0.29) is 16.8 Å². The van der Waals surface area contributed by atoms with Gasteiger partial charge in [-0.05, 0) is 19.8 Å². The maximum Gasteiger partial charge on any atom is 0.329 e. The first kappa shape index (κ1) is 13.0. The fraction of sp³-hybridized carbons (Fsp3) is 0.636. The summed E-state index contributed by atoms with van der Waals surface area (Å²) in [5.74, 6) is 0. The van der Waals surface area contributed by atoms with E-state index in [1.165, 1.54) is 4.57 Å². The smallest absolute Gasteiger partial charge is 0.297 e. The van der Waals surface area contributed by atoms with Gasteiger partial charge in [-0.25, -0.2) is 4.79 Å². The molecule has 0 aromatic carbocycles. The molecule has 1 rings (SSSR count). The SMILES string of the molecule is CCCC(CC)n1c(=O)[nH]c(Cl)c(C)c1=O. The van der Waals surface area contributed by atoms with Crippen LogP contribution in [0.2, 0.25) is 5.15 Å². The molecule has 1 atom stereocenters. The molecule has 0 aliphatic heterocycles. The lowest BCUT2D eigenvalue weighted by atomic mass is 10.1. The number of rotatable bonds is 4. The highest BCUT2D eigenvalue weighted by atomic mass is 35.5. The van der Waals surface area contributed by atoms with Gasteiger partial charge in [0.25, 0.3) is 5.56 Å². The molecular formula is C11H17ClN2O2. The van der Waals surface area contributed by atoms with E-state index < -0.39 is 5.69 Å². The summed E-state index contributed by atoms with van der Waals surface area (Å²) in [5.41, 5.74) is -0.300. The molecule has 4 nitrogen and oxygen atoms in total. The van der Waals surface area contributed by atoms with Crippen LogP contribution < -0.4 is 11.2 Å². The third-order valence-corrected chi connectivity index (χ3v) is 3.14. The molecule has 5 heteroatoms. The molecule has 90 valence electrons. The Labute approximate surface area is 99.3 Å². The van der Waals surface area contributed by atoms with E-state index in [1.54, 1.807) is 6.92 Å². The minimum Gasteiger partial charge on any atom is -0.297 e. The number of H-pyrrole nitrogens is 1. The van der Waals surface area contributed by atoms with E-state index >= 15 is 0 Å². The van der Waals surface area contributed by atoms with Gasteiger partial charge in [0, 0.05) is 11.6 Å². The Morgan fingerprint density at radius 1 is 1.38 bits per heavy atom. The predicted molar refractivity (Wildman–Crippen MR) is 65.3 cm³/mol. The van der Waals surface area contributed by atoms with Crippen LogP contribution in [0.25, 0.3) is 0 Å². The molecule has 0 fully saturated rings. The van der Waals surface area contributed by atoms with Crippen LogP contribution >= 0.6 is 11.6 Å². The fourth-order valence-electron chi connectivity index (χ4n) is 1.80. The lowest BCUT2D eigenvalue weighted by Gasteiger charge is -2.16. The van der Waals surface area contributed by atoms with Crippen LogP contribution in [0.1, 0.15) is 44.7 Å². The van der Waals surface area contributed by atoms with Crippen molar-refractivity contribution in [2.75, 3.05) is 0 Å². The molecule has 0 saturated carbocycles. The molecule has 1 N–H and O–H groups in total. The average Bonchev–Trinajstić information content (AvgIpc) is 2.25. The number of halogens is 1. The zero-order chi connectivity index (χ0) is 12.3. The van der Waals surface area contributed by atoms with E-state index in [2.05, 4.69) is 4.98 Å². The molecule has 1 aromatic rings. The van der Waals surface area contributed by atoms with Crippen LogP contribution in [0, 0.1) is 6.92 Å². The topological polar surface area (TPSA) is 54.9 Å². The third kappa shape index (κ3) is 2.38. The van der Waals surface area contributed by atoms with Crippen molar-refractivity contribution >= 4 is 11.6 Å². The van der Waals surface area contributed by atoms with Gasteiger partial charge >= 0.3 is 5.69 Å². The third-order valence-electron chi connectivity index (χ3n) is 2.76. The molecule has 0 bridgehead atoms. The molecule has 1 unspecified atom stereocenters. The summed E-state index contributed by atoms with van der Waals surface area (Å²) in [5, 5.41) is 0.137. The minimum atomic E-state index is -0.416. The van der Waals surface area contributed by atoms with Gasteiger partial charge in [-0.1, -0.05) is 31.9 Å². The second-order valence-corrected chi connectivity index (χ2v) is 4.27. The second kappa shape index (κ2) is 5.34. The summed E-state index contributed by atoms with van der Waals surface area (Å²) in [6.45, 7) is 5.62. The molecule has 1 heterocycles. The highest BCUT2D eigenvalue weighted by Crippen LogP contribution is 2.14. The van der Waals surface area contributed by atoms with Crippen LogP contribution in [0.15, 0.2) is 9.59 Å². The van der Waals surface area contributed by atoms with Crippen LogP contribution in [0.3, 0.4) is 0 Å². The number of aromatic nitrogens is 2. The van der Waals surface area contributed by atoms with Crippen molar-refractivity contribution in [2.45, 2.75) is 46.1 Å². The number of aromatic amines is 1. The Morgan fingerprint density at radius 2 is 2.00 bits per heavy atom. The first-order chi connectivity index (χ1) is 7.52. The average molecular weight is 245 g/mol. The number of nitrogens with zero attached hydrogens (tertiary/aromatic N) is 1. The van der Waals surface area contributed by atoms with Crippen molar-refractivity contribution in [2.24, 2.45) is 0 Å². The number of hydrogen-bond acceptors (Lipinski definition) is 2. The zero-order valence-electron chi connectivity index (χ0n) is 9.84. The maximum absolute atomic E-state index is 11.9. The van der Waals surface area contributed by atoms with Gasteiger partial charge in [0.05, 0.1) is 0 Å².